The fraction of sp³-hybridized carbons (Fsp3) is 1.00. The Morgan fingerprint density at radius 1 is 1.11 bits per heavy atom. The Bertz CT molecular complexity index is 296. The second-order valence-corrected chi connectivity index (χ2v) is 6.98. The van der Waals surface area contributed by atoms with E-state index in [1.54, 1.807) is 0 Å². The van der Waals surface area contributed by atoms with Crippen molar-refractivity contribution in [3.05, 3.63) is 0 Å². The van der Waals surface area contributed by atoms with E-state index in [-0.39, 0.29) is 11.6 Å². The summed E-state index contributed by atoms with van der Waals surface area (Å²) in [5, 5.41) is 0. The van der Waals surface area contributed by atoms with Crippen LogP contribution in [-0.4, -0.2) is 30.5 Å². The van der Waals surface area contributed by atoms with E-state index in [2.05, 4.69) is 6.92 Å². The Morgan fingerprint density at radius 2 is 1.89 bits per heavy atom. The summed E-state index contributed by atoms with van der Waals surface area (Å²) < 4.78 is 12.2. The molecule has 0 aromatic heterocycles. The molecule has 0 aromatic rings. The van der Waals surface area contributed by atoms with Crippen LogP contribution in [0.15, 0.2) is 0 Å². The van der Waals surface area contributed by atoms with Crippen LogP contribution in [0, 0.1) is 5.92 Å². The lowest BCUT2D eigenvalue weighted by Crippen LogP contribution is -2.50. The number of nitrogens with two attached hydrogens (primary N) is 1. The van der Waals surface area contributed by atoms with Gasteiger partial charge >= 0.3 is 0 Å². The first kappa shape index (κ1) is 13.8. The second kappa shape index (κ2) is 5.71. The summed E-state index contributed by atoms with van der Waals surface area (Å²) >= 11 is 0. The summed E-state index contributed by atoms with van der Waals surface area (Å²) in [6.07, 6.45) is 11.8. The van der Waals surface area contributed by atoms with Gasteiger partial charge in [0.2, 0.25) is 0 Å². The van der Waals surface area contributed by atoms with Gasteiger partial charge in [-0.05, 0) is 51.4 Å². The van der Waals surface area contributed by atoms with Gasteiger partial charge in [-0.15, -0.1) is 0 Å². The topological polar surface area (TPSA) is 44.5 Å². The first-order chi connectivity index (χ1) is 9.19. The Labute approximate surface area is 117 Å². The molecule has 4 atom stereocenters. The minimum Gasteiger partial charge on any atom is -0.375 e. The van der Waals surface area contributed by atoms with Crippen molar-refractivity contribution in [1.29, 1.82) is 0 Å². The zero-order valence-electron chi connectivity index (χ0n) is 12.3. The minimum atomic E-state index is 0.170. The predicted octanol–water partition coefficient (Wildman–Crippen LogP) is 3.01. The lowest BCUT2D eigenvalue weighted by atomic mass is 9.73. The monoisotopic (exact) mass is 267 g/mol. The third-order valence-electron chi connectivity index (χ3n) is 5.53. The number of rotatable bonds is 2. The molecular weight excluding hydrogens is 238 g/mol. The van der Waals surface area contributed by atoms with Crippen LogP contribution in [0.1, 0.15) is 64.7 Å². The molecule has 19 heavy (non-hydrogen) atoms. The van der Waals surface area contributed by atoms with E-state index in [4.69, 9.17) is 15.2 Å². The number of hydrogen-bond donors (Lipinski definition) is 1. The van der Waals surface area contributed by atoms with E-state index in [0.717, 1.165) is 19.4 Å². The van der Waals surface area contributed by atoms with Crippen molar-refractivity contribution < 1.29 is 9.47 Å². The molecule has 110 valence electrons. The molecule has 1 aliphatic carbocycles. The van der Waals surface area contributed by atoms with Gasteiger partial charge in [-0.2, -0.15) is 0 Å². The summed E-state index contributed by atoms with van der Waals surface area (Å²) in [4.78, 5) is 0. The molecule has 0 amide bonds. The first-order valence-corrected chi connectivity index (χ1v) is 8.24. The maximum absolute atomic E-state index is 6.53. The summed E-state index contributed by atoms with van der Waals surface area (Å²) in [7, 11) is 0. The molecule has 2 saturated heterocycles. The van der Waals surface area contributed by atoms with Gasteiger partial charge in [0.15, 0.2) is 0 Å². The molecule has 3 rings (SSSR count). The van der Waals surface area contributed by atoms with Gasteiger partial charge in [-0.3, -0.25) is 0 Å². The molecule has 2 N–H and O–H groups in total. The van der Waals surface area contributed by atoms with Crippen molar-refractivity contribution >= 4 is 0 Å². The molecule has 2 aliphatic heterocycles. The molecule has 0 bridgehead atoms. The van der Waals surface area contributed by atoms with Crippen LogP contribution in [0.2, 0.25) is 0 Å². The van der Waals surface area contributed by atoms with Gasteiger partial charge in [0.1, 0.15) is 0 Å². The largest absolute Gasteiger partial charge is 0.375 e. The number of hydrogen-bond acceptors (Lipinski definition) is 3. The van der Waals surface area contributed by atoms with Gasteiger partial charge in [0.05, 0.1) is 17.8 Å². The van der Waals surface area contributed by atoms with Crippen molar-refractivity contribution in [2.24, 2.45) is 11.7 Å². The molecule has 0 aromatic carbocycles. The van der Waals surface area contributed by atoms with Gasteiger partial charge in [-0.1, -0.05) is 19.3 Å². The highest BCUT2D eigenvalue weighted by atomic mass is 16.5. The average molecular weight is 267 g/mol. The number of ether oxygens (including phenoxy) is 2. The molecule has 0 radical (unpaired) electrons. The smallest absolute Gasteiger partial charge is 0.0733 e. The summed E-state index contributed by atoms with van der Waals surface area (Å²) in [5.74, 6) is 0.599. The Kier molecular flexibility index (Phi) is 4.16. The Hall–Kier alpha value is -0.120. The molecule has 3 nitrogen and oxygen atoms in total. The maximum atomic E-state index is 6.53. The normalized spacial score (nSPS) is 40.4. The minimum absolute atomic E-state index is 0.170. The molecular formula is C16H29NO2. The van der Waals surface area contributed by atoms with E-state index in [0.29, 0.717) is 18.1 Å². The standard InChI is InChI=1S/C16H29NO2/c1-12-5-6-14(19-12)15(17)13-7-10-18-16(11-13)8-3-2-4-9-16/h12-15H,2-11,17H2,1H3. The summed E-state index contributed by atoms with van der Waals surface area (Å²) in [5.41, 5.74) is 6.70. The molecule has 1 saturated carbocycles. The zero-order chi connectivity index (χ0) is 13.3. The first-order valence-electron chi connectivity index (χ1n) is 8.24. The third kappa shape index (κ3) is 2.98. The van der Waals surface area contributed by atoms with E-state index in [9.17, 15) is 0 Å². The highest BCUT2D eigenvalue weighted by Crippen LogP contribution is 2.42. The van der Waals surface area contributed by atoms with Crippen molar-refractivity contribution in [2.75, 3.05) is 6.61 Å². The highest BCUT2D eigenvalue weighted by molar-refractivity contribution is 4.95. The highest BCUT2D eigenvalue weighted by Gasteiger charge is 2.42. The molecule has 4 unspecified atom stereocenters. The Balaban J connectivity index is 1.61. The maximum Gasteiger partial charge on any atom is 0.0733 e. The molecule has 1 spiro atoms. The van der Waals surface area contributed by atoms with Crippen molar-refractivity contribution in [1.82, 2.24) is 0 Å². The molecule has 2 heterocycles. The van der Waals surface area contributed by atoms with E-state index in [1.165, 1.54) is 44.9 Å². The van der Waals surface area contributed by atoms with Crippen LogP contribution in [0.3, 0.4) is 0 Å². The van der Waals surface area contributed by atoms with Crippen molar-refractivity contribution in [3.63, 3.8) is 0 Å². The van der Waals surface area contributed by atoms with E-state index in [1.807, 2.05) is 0 Å². The fourth-order valence-corrected chi connectivity index (χ4v) is 4.36. The van der Waals surface area contributed by atoms with Crippen LogP contribution in [-0.2, 0) is 9.47 Å². The van der Waals surface area contributed by atoms with Gasteiger partial charge < -0.3 is 15.2 Å². The zero-order valence-corrected chi connectivity index (χ0v) is 12.3. The molecule has 3 heteroatoms. The second-order valence-electron chi connectivity index (χ2n) is 6.98. The quantitative estimate of drug-likeness (QED) is 0.836. The fourth-order valence-electron chi connectivity index (χ4n) is 4.36. The lowest BCUT2D eigenvalue weighted by Gasteiger charge is -2.45. The van der Waals surface area contributed by atoms with Crippen LogP contribution < -0.4 is 5.73 Å². The average Bonchev–Trinajstić information content (AvgIpc) is 2.85. The van der Waals surface area contributed by atoms with Gasteiger partial charge in [-0.25, -0.2) is 0 Å². The predicted molar refractivity (Wildman–Crippen MR) is 76.0 cm³/mol. The lowest BCUT2D eigenvalue weighted by molar-refractivity contribution is -0.126. The summed E-state index contributed by atoms with van der Waals surface area (Å²) in [6, 6.07) is 0.215. The third-order valence-corrected chi connectivity index (χ3v) is 5.53. The van der Waals surface area contributed by atoms with Crippen LogP contribution >= 0.6 is 0 Å². The summed E-state index contributed by atoms with van der Waals surface area (Å²) in [6.45, 7) is 3.07. The molecule has 3 fully saturated rings. The Morgan fingerprint density at radius 3 is 2.58 bits per heavy atom. The van der Waals surface area contributed by atoms with Gasteiger partial charge in [0, 0.05) is 12.6 Å². The SMILES string of the molecule is CC1CCC(C(N)C2CCOC3(CCCCC3)C2)O1. The van der Waals surface area contributed by atoms with Crippen LogP contribution in [0.25, 0.3) is 0 Å². The van der Waals surface area contributed by atoms with E-state index >= 15 is 0 Å². The van der Waals surface area contributed by atoms with Crippen LogP contribution in [0.4, 0.5) is 0 Å². The van der Waals surface area contributed by atoms with E-state index < -0.39 is 0 Å². The van der Waals surface area contributed by atoms with Crippen LogP contribution in [0.5, 0.6) is 0 Å². The van der Waals surface area contributed by atoms with Crippen molar-refractivity contribution in [3.8, 4) is 0 Å². The van der Waals surface area contributed by atoms with Gasteiger partial charge in [0.25, 0.3) is 0 Å². The van der Waals surface area contributed by atoms with Crippen molar-refractivity contribution in [2.45, 2.75) is 88.6 Å². The molecule has 3 aliphatic rings.